The number of nitrogens with one attached hydrogen (secondary N) is 6. The van der Waals surface area contributed by atoms with E-state index in [1.54, 1.807) is 91.0 Å². The third-order valence-electron chi connectivity index (χ3n) is 13.6. The summed E-state index contributed by atoms with van der Waals surface area (Å²) in [6.07, 6.45) is -0.161. The van der Waals surface area contributed by atoms with Crippen LogP contribution in [0.2, 0.25) is 0 Å². The topological polar surface area (TPSA) is 448 Å². The SMILES string of the molecule is NC(N)=NCCC[C@@H](N)C(=O)N1CCC[C@H]1C(=O)N1[C@H](O)CC[C@H]1C(=O)NCC(=O)N[C@@H](Cc1ccccc1)C(=O)N[C@@H](CO)C(=O)N[C@H](Cc1ccccc1)C(=O)N[C@@H](Cc1ccccc1)C(=O)N[C@@H](CCCN=C(N)N)C(=O)O. The molecule has 3 aromatic rings. The fourth-order valence-corrected chi connectivity index (χ4v) is 9.42. The molecule has 81 heavy (non-hydrogen) atoms. The second kappa shape index (κ2) is 31.8. The fraction of sp³-hybridized carbons (Fsp3) is 0.463. The maximum Gasteiger partial charge on any atom is 0.326 e. The predicted molar refractivity (Wildman–Crippen MR) is 296 cm³/mol. The van der Waals surface area contributed by atoms with Gasteiger partial charge in [0.25, 0.3) is 0 Å². The Kier molecular flexibility index (Phi) is 24.8. The van der Waals surface area contributed by atoms with Crippen LogP contribution < -0.4 is 60.6 Å². The van der Waals surface area contributed by atoms with Crippen molar-refractivity contribution in [1.82, 2.24) is 41.7 Å². The number of carbonyl (C=O) groups excluding carboxylic acids is 8. The Morgan fingerprint density at radius 2 is 1.02 bits per heavy atom. The average Bonchev–Trinajstić information content (AvgIpc) is 4.16. The minimum absolute atomic E-state index is 0.0307. The highest BCUT2D eigenvalue weighted by atomic mass is 16.4. The summed E-state index contributed by atoms with van der Waals surface area (Å²) >= 11 is 0. The summed E-state index contributed by atoms with van der Waals surface area (Å²) in [6.45, 7) is -1.11. The zero-order chi connectivity index (χ0) is 59.0. The third kappa shape index (κ3) is 19.9. The van der Waals surface area contributed by atoms with Gasteiger partial charge in [0, 0.05) is 38.9 Å². The summed E-state index contributed by atoms with van der Waals surface area (Å²) in [7, 11) is 0. The molecule has 0 aromatic heterocycles. The first-order chi connectivity index (χ1) is 38.8. The standard InChI is InChI=1S/C54H75N15O12/c55-35(19-10-24-60-53(56)57)50(78)68-26-12-21-42(68)51(79)69-41(22-23-44(69)72)49(77)62-30-43(71)63-37(27-32-13-4-1-5-14-32)45(73)67-40(31-70)48(76)66-39(29-34-17-8-3-9-18-34)47(75)65-38(28-33-15-6-2-7-16-33)46(74)64-36(52(80)81)20-11-25-61-54(58)59/h1-9,13-18,35-42,44,70,72H,10-12,19-31,55H2,(H,62,77)(H,63,71)(H,64,74)(H,65,75)(H,66,76)(H,67,73)(H,80,81)(H4,56,57,60)(H4,58,59,61)/t35-,36+,37+,38+,39-,40+,41+,42+,44-/m1/s1. The number of hydrogen-bond acceptors (Lipinski definition) is 14. The van der Waals surface area contributed by atoms with Crippen molar-refractivity contribution in [3.63, 3.8) is 0 Å². The van der Waals surface area contributed by atoms with Gasteiger partial charge in [-0.15, -0.1) is 0 Å². The lowest BCUT2D eigenvalue weighted by molar-refractivity contribution is -0.154. The van der Waals surface area contributed by atoms with Crippen molar-refractivity contribution >= 4 is 65.1 Å². The van der Waals surface area contributed by atoms with Crippen LogP contribution in [0.1, 0.15) is 68.1 Å². The third-order valence-corrected chi connectivity index (χ3v) is 13.6. The smallest absolute Gasteiger partial charge is 0.326 e. The zero-order valence-electron chi connectivity index (χ0n) is 44.9. The zero-order valence-corrected chi connectivity index (χ0v) is 44.9. The molecule has 2 aliphatic rings. The molecule has 3 aromatic carbocycles. The lowest BCUT2D eigenvalue weighted by Crippen LogP contribution is -2.60. The van der Waals surface area contributed by atoms with Crippen LogP contribution in [0.3, 0.4) is 0 Å². The Morgan fingerprint density at radius 3 is 1.49 bits per heavy atom. The van der Waals surface area contributed by atoms with Gasteiger partial charge in [-0.05, 0) is 68.1 Å². The first kappa shape index (κ1) is 63.1. The van der Waals surface area contributed by atoms with Crippen molar-refractivity contribution in [2.24, 2.45) is 38.7 Å². The summed E-state index contributed by atoms with van der Waals surface area (Å²) in [5, 5.41) is 46.7. The number of benzene rings is 3. The van der Waals surface area contributed by atoms with E-state index in [-0.39, 0.29) is 89.3 Å². The van der Waals surface area contributed by atoms with Gasteiger partial charge in [0.05, 0.1) is 19.2 Å². The molecular formula is C54H75N15O12. The Labute approximate surface area is 468 Å². The number of carboxylic acid groups (broad SMARTS) is 1. The van der Waals surface area contributed by atoms with Crippen molar-refractivity contribution in [1.29, 1.82) is 0 Å². The second-order valence-electron chi connectivity index (χ2n) is 19.7. The number of nitrogens with two attached hydrogens (primary N) is 5. The largest absolute Gasteiger partial charge is 0.480 e. The molecule has 2 aliphatic heterocycles. The molecule has 2 heterocycles. The lowest BCUT2D eigenvalue weighted by atomic mass is 10.0. The molecule has 0 saturated carbocycles. The average molecular weight is 1130 g/mol. The number of guanidine groups is 2. The normalized spacial score (nSPS) is 17.8. The minimum Gasteiger partial charge on any atom is -0.480 e. The number of aliphatic carboxylic acids is 1. The Hall–Kier alpha value is -8.69. The summed E-state index contributed by atoms with van der Waals surface area (Å²) < 4.78 is 0. The van der Waals surface area contributed by atoms with Gasteiger partial charge in [-0.25, -0.2) is 4.79 Å². The van der Waals surface area contributed by atoms with Gasteiger partial charge >= 0.3 is 5.97 Å². The number of aliphatic hydroxyl groups is 2. The van der Waals surface area contributed by atoms with E-state index in [1.165, 1.54) is 4.90 Å². The van der Waals surface area contributed by atoms with Crippen molar-refractivity contribution in [2.45, 2.75) is 125 Å². The van der Waals surface area contributed by atoms with Crippen LogP contribution in [0.25, 0.3) is 0 Å². The van der Waals surface area contributed by atoms with Gasteiger partial charge in [-0.1, -0.05) is 91.0 Å². The van der Waals surface area contributed by atoms with Gasteiger partial charge in [-0.2, -0.15) is 0 Å². The van der Waals surface area contributed by atoms with Crippen molar-refractivity contribution in [3.8, 4) is 0 Å². The Balaban J connectivity index is 1.27. The predicted octanol–water partition coefficient (Wildman–Crippen LogP) is -3.93. The molecule has 2 saturated heterocycles. The molecule has 0 unspecified atom stereocenters. The number of nitrogens with zero attached hydrogens (tertiary/aromatic N) is 4. The molecule has 438 valence electrons. The highest BCUT2D eigenvalue weighted by molar-refractivity contribution is 5.98. The summed E-state index contributed by atoms with van der Waals surface area (Å²) in [5.41, 5.74) is 29.5. The van der Waals surface area contributed by atoms with Crippen LogP contribution in [0, 0.1) is 0 Å². The molecule has 19 N–H and O–H groups in total. The van der Waals surface area contributed by atoms with E-state index in [0.717, 1.165) is 4.90 Å². The molecular weight excluding hydrogens is 1050 g/mol. The minimum atomic E-state index is -1.72. The molecule has 9 atom stereocenters. The van der Waals surface area contributed by atoms with Gasteiger partial charge in [0.1, 0.15) is 48.5 Å². The molecule has 0 aliphatic carbocycles. The van der Waals surface area contributed by atoms with Crippen LogP contribution in [0.5, 0.6) is 0 Å². The molecule has 8 amide bonds. The number of hydrogen-bond donors (Lipinski definition) is 14. The van der Waals surface area contributed by atoms with E-state index in [9.17, 15) is 58.5 Å². The van der Waals surface area contributed by atoms with Gasteiger partial charge in [0.2, 0.25) is 47.3 Å². The van der Waals surface area contributed by atoms with Crippen LogP contribution in [-0.2, 0) is 62.4 Å². The number of aliphatic hydroxyl groups excluding tert-OH is 2. The van der Waals surface area contributed by atoms with Crippen molar-refractivity contribution < 1.29 is 58.5 Å². The van der Waals surface area contributed by atoms with Crippen molar-refractivity contribution in [2.75, 3.05) is 32.8 Å². The Bertz CT molecular complexity index is 2680. The fourth-order valence-electron chi connectivity index (χ4n) is 9.42. The number of rotatable bonds is 30. The summed E-state index contributed by atoms with van der Waals surface area (Å²) in [4.78, 5) is 134. The summed E-state index contributed by atoms with van der Waals surface area (Å²) in [6, 6.07) is 15.0. The number of carbonyl (C=O) groups is 9. The van der Waals surface area contributed by atoms with E-state index < -0.39 is 121 Å². The van der Waals surface area contributed by atoms with Crippen LogP contribution in [0.4, 0.5) is 0 Å². The molecule has 0 bridgehead atoms. The van der Waals surface area contributed by atoms with E-state index in [0.29, 0.717) is 29.5 Å². The van der Waals surface area contributed by atoms with E-state index in [1.807, 2.05) is 0 Å². The van der Waals surface area contributed by atoms with Crippen LogP contribution in [0.15, 0.2) is 101 Å². The highest BCUT2D eigenvalue weighted by Crippen LogP contribution is 2.29. The maximum absolute atomic E-state index is 14.3. The van der Waals surface area contributed by atoms with E-state index in [4.69, 9.17) is 28.7 Å². The molecule has 0 radical (unpaired) electrons. The van der Waals surface area contributed by atoms with Gasteiger partial charge in [0.15, 0.2) is 11.9 Å². The van der Waals surface area contributed by atoms with Crippen LogP contribution >= 0.6 is 0 Å². The molecule has 27 nitrogen and oxygen atoms in total. The number of aliphatic imine (C=N–C) groups is 2. The van der Waals surface area contributed by atoms with E-state index >= 15 is 0 Å². The van der Waals surface area contributed by atoms with Crippen LogP contribution in [-0.4, -0.2) is 178 Å². The van der Waals surface area contributed by atoms with Crippen molar-refractivity contribution in [3.05, 3.63) is 108 Å². The molecule has 2 fully saturated rings. The Morgan fingerprint density at radius 1 is 0.580 bits per heavy atom. The van der Waals surface area contributed by atoms with Gasteiger partial charge in [-0.3, -0.25) is 48.3 Å². The van der Waals surface area contributed by atoms with Gasteiger partial charge < -0.3 is 85.7 Å². The highest BCUT2D eigenvalue weighted by Gasteiger charge is 2.46. The second-order valence-corrected chi connectivity index (χ2v) is 19.7. The first-order valence-corrected chi connectivity index (χ1v) is 26.7. The van der Waals surface area contributed by atoms with E-state index in [2.05, 4.69) is 41.9 Å². The molecule has 0 spiro atoms. The number of likely N-dealkylation sites (tertiary alicyclic amines) is 2. The molecule has 5 rings (SSSR count). The number of amides is 8. The molecule has 27 heteroatoms. The number of carboxylic acids is 1. The first-order valence-electron chi connectivity index (χ1n) is 26.7. The maximum atomic E-state index is 14.3. The summed E-state index contributed by atoms with van der Waals surface area (Å²) in [5.74, 6) is -8.11. The monoisotopic (exact) mass is 1130 g/mol. The lowest BCUT2D eigenvalue weighted by Gasteiger charge is -2.33. The quantitative estimate of drug-likeness (QED) is 0.0172.